The molecule has 0 spiro atoms. The molecular formula is C13H17N3O4S. The normalized spacial score (nSPS) is 18.3. The molecule has 0 bridgehead atoms. The summed E-state index contributed by atoms with van der Waals surface area (Å²) < 4.78 is 26.4. The quantitative estimate of drug-likeness (QED) is 0.694. The Balaban J connectivity index is 1.97. The summed E-state index contributed by atoms with van der Waals surface area (Å²) >= 11 is 0. The fraction of sp³-hybridized carbons (Fsp3) is 0.385. The van der Waals surface area contributed by atoms with E-state index in [0.717, 1.165) is 11.1 Å². The molecule has 1 aromatic rings. The number of sulfonamides is 1. The fourth-order valence-corrected chi connectivity index (χ4v) is 3.10. The van der Waals surface area contributed by atoms with Gasteiger partial charge in [0.2, 0.25) is 10.0 Å². The summed E-state index contributed by atoms with van der Waals surface area (Å²) in [6.07, 6.45) is 0.0255. The molecule has 0 aliphatic carbocycles. The lowest BCUT2D eigenvalue weighted by molar-refractivity contribution is -0.120. The number of amides is 3. The van der Waals surface area contributed by atoms with Gasteiger partial charge in [-0.25, -0.2) is 13.2 Å². The Morgan fingerprint density at radius 2 is 1.90 bits per heavy atom. The van der Waals surface area contributed by atoms with Crippen LogP contribution in [-0.4, -0.2) is 32.2 Å². The highest BCUT2D eigenvalue weighted by molar-refractivity contribution is 7.92. The van der Waals surface area contributed by atoms with Gasteiger partial charge in [-0.1, -0.05) is 6.07 Å². The summed E-state index contributed by atoms with van der Waals surface area (Å²) in [6, 6.07) is 3.87. The van der Waals surface area contributed by atoms with Crippen molar-refractivity contribution in [3.05, 3.63) is 29.3 Å². The molecule has 0 aromatic heterocycles. The summed E-state index contributed by atoms with van der Waals surface area (Å²) in [5, 5.41) is 4.43. The van der Waals surface area contributed by atoms with Gasteiger partial charge >= 0.3 is 6.03 Å². The summed E-state index contributed by atoms with van der Waals surface area (Å²) in [4.78, 5) is 22.3. The van der Waals surface area contributed by atoms with E-state index in [-0.39, 0.29) is 12.2 Å². The van der Waals surface area contributed by atoms with E-state index >= 15 is 0 Å². The van der Waals surface area contributed by atoms with E-state index in [1.165, 1.54) is 0 Å². The van der Waals surface area contributed by atoms with E-state index < -0.39 is 28.0 Å². The molecule has 8 heteroatoms. The molecule has 0 saturated carbocycles. The van der Waals surface area contributed by atoms with Gasteiger partial charge in [0.1, 0.15) is 6.04 Å². The lowest BCUT2D eigenvalue weighted by atomic mass is 10.1. The first-order valence-electron chi connectivity index (χ1n) is 6.46. The van der Waals surface area contributed by atoms with Crippen LogP contribution in [0.3, 0.4) is 0 Å². The largest absolute Gasteiger partial charge is 0.326 e. The van der Waals surface area contributed by atoms with Crippen molar-refractivity contribution in [2.24, 2.45) is 0 Å². The minimum Gasteiger partial charge on any atom is -0.326 e. The van der Waals surface area contributed by atoms with Crippen LogP contribution in [0.25, 0.3) is 0 Å². The van der Waals surface area contributed by atoms with Crippen LogP contribution in [0.15, 0.2) is 18.2 Å². The van der Waals surface area contributed by atoms with E-state index in [0.29, 0.717) is 5.69 Å². The van der Waals surface area contributed by atoms with Crippen molar-refractivity contribution in [2.45, 2.75) is 26.3 Å². The van der Waals surface area contributed by atoms with E-state index in [1.54, 1.807) is 12.1 Å². The molecule has 2 rings (SSSR count). The molecule has 1 aromatic carbocycles. The molecule has 1 atom stereocenters. The number of nitrogens with one attached hydrogen (secondary N) is 3. The van der Waals surface area contributed by atoms with Crippen LogP contribution >= 0.6 is 0 Å². The van der Waals surface area contributed by atoms with E-state index in [2.05, 4.69) is 15.4 Å². The minimum absolute atomic E-state index is 0.0255. The third kappa shape index (κ3) is 3.94. The highest BCUT2D eigenvalue weighted by Crippen LogP contribution is 2.16. The number of imide groups is 1. The molecular weight excluding hydrogens is 294 g/mol. The Labute approximate surface area is 123 Å². The summed E-state index contributed by atoms with van der Waals surface area (Å²) in [5.41, 5.74) is 2.54. The summed E-state index contributed by atoms with van der Waals surface area (Å²) in [5.74, 6) is -0.750. The second-order valence-corrected chi connectivity index (χ2v) is 6.87. The molecule has 3 amide bonds. The molecule has 1 fully saturated rings. The first kappa shape index (κ1) is 15.3. The van der Waals surface area contributed by atoms with Crippen molar-refractivity contribution in [2.75, 3.05) is 10.5 Å². The monoisotopic (exact) mass is 311 g/mol. The molecule has 21 heavy (non-hydrogen) atoms. The van der Waals surface area contributed by atoms with Crippen molar-refractivity contribution in [3.63, 3.8) is 0 Å². The zero-order chi connectivity index (χ0) is 15.6. The van der Waals surface area contributed by atoms with Gasteiger partial charge in [-0.2, -0.15) is 0 Å². The van der Waals surface area contributed by atoms with Crippen molar-refractivity contribution in [3.8, 4) is 0 Å². The lowest BCUT2D eigenvalue weighted by Crippen LogP contribution is -2.32. The van der Waals surface area contributed by atoms with Crippen molar-refractivity contribution in [1.29, 1.82) is 0 Å². The fourth-order valence-electron chi connectivity index (χ4n) is 1.97. The molecule has 1 unspecified atom stereocenters. The van der Waals surface area contributed by atoms with Crippen LogP contribution in [-0.2, 0) is 14.8 Å². The lowest BCUT2D eigenvalue weighted by Gasteiger charge is -2.11. The van der Waals surface area contributed by atoms with Crippen LogP contribution in [0.4, 0.5) is 10.5 Å². The highest BCUT2D eigenvalue weighted by atomic mass is 32.2. The average Bonchev–Trinajstić information content (AvgIpc) is 2.70. The van der Waals surface area contributed by atoms with Gasteiger partial charge in [0.25, 0.3) is 5.91 Å². The molecule has 1 heterocycles. The second kappa shape index (κ2) is 5.72. The Kier molecular flexibility index (Phi) is 4.17. The predicted molar refractivity (Wildman–Crippen MR) is 78.4 cm³/mol. The Morgan fingerprint density at radius 3 is 2.48 bits per heavy atom. The summed E-state index contributed by atoms with van der Waals surface area (Å²) in [6.45, 7) is 3.83. The van der Waals surface area contributed by atoms with Crippen LogP contribution in [0.1, 0.15) is 17.5 Å². The van der Waals surface area contributed by atoms with E-state index in [4.69, 9.17) is 0 Å². The molecule has 3 N–H and O–H groups in total. The standard InChI is InChI=1S/C13H17N3O4S/c1-8-3-4-10(7-9(8)2)16-21(19,20)6-5-11-12(17)15-13(18)14-11/h3-4,7,11,16H,5-6H2,1-2H3,(H2,14,15,17,18). The van der Waals surface area contributed by atoms with Gasteiger partial charge in [0.15, 0.2) is 0 Å². The maximum atomic E-state index is 12.0. The number of anilines is 1. The van der Waals surface area contributed by atoms with Gasteiger partial charge in [-0.15, -0.1) is 0 Å². The molecule has 1 aliphatic rings. The number of urea groups is 1. The first-order valence-corrected chi connectivity index (χ1v) is 8.11. The van der Waals surface area contributed by atoms with Gasteiger partial charge in [-0.3, -0.25) is 14.8 Å². The summed E-state index contributed by atoms with van der Waals surface area (Å²) in [7, 11) is -3.57. The Bertz CT molecular complexity index is 685. The zero-order valence-corrected chi connectivity index (χ0v) is 12.6. The number of hydrogen-bond acceptors (Lipinski definition) is 4. The molecule has 7 nitrogen and oxygen atoms in total. The molecule has 1 saturated heterocycles. The van der Waals surface area contributed by atoms with E-state index in [1.807, 2.05) is 19.9 Å². The third-order valence-corrected chi connectivity index (χ3v) is 4.63. The SMILES string of the molecule is Cc1ccc(NS(=O)(=O)CCC2NC(=O)NC2=O)cc1C. The van der Waals surface area contributed by atoms with Crippen LogP contribution in [0.5, 0.6) is 0 Å². The van der Waals surface area contributed by atoms with Crippen LogP contribution in [0, 0.1) is 13.8 Å². The van der Waals surface area contributed by atoms with Crippen LogP contribution in [0.2, 0.25) is 0 Å². The minimum atomic E-state index is -3.57. The smallest absolute Gasteiger partial charge is 0.322 e. The van der Waals surface area contributed by atoms with Gasteiger partial charge in [0.05, 0.1) is 5.75 Å². The third-order valence-electron chi connectivity index (χ3n) is 3.31. The number of carbonyl (C=O) groups is 2. The van der Waals surface area contributed by atoms with Crippen molar-refractivity contribution < 1.29 is 18.0 Å². The average molecular weight is 311 g/mol. The van der Waals surface area contributed by atoms with E-state index in [9.17, 15) is 18.0 Å². The predicted octanol–water partition coefficient (Wildman–Crippen LogP) is 0.643. The number of carbonyl (C=O) groups excluding carboxylic acids is 2. The molecule has 1 aliphatic heterocycles. The van der Waals surface area contributed by atoms with Crippen molar-refractivity contribution >= 4 is 27.6 Å². The molecule has 0 radical (unpaired) electrons. The van der Waals surface area contributed by atoms with Crippen LogP contribution < -0.4 is 15.4 Å². The Morgan fingerprint density at radius 1 is 1.19 bits per heavy atom. The van der Waals surface area contributed by atoms with Gasteiger partial charge < -0.3 is 5.32 Å². The van der Waals surface area contributed by atoms with Crippen molar-refractivity contribution in [1.82, 2.24) is 10.6 Å². The number of rotatable bonds is 5. The topological polar surface area (TPSA) is 104 Å². The number of hydrogen-bond donors (Lipinski definition) is 3. The second-order valence-electron chi connectivity index (χ2n) is 5.02. The first-order chi connectivity index (χ1) is 9.77. The number of benzene rings is 1. The van der Waals surface area contributed by atoms with Gasteiger partial charge in [0, 0.05) is 5.69 Å². The van der Waals surface area contributed by atoms with Gasteiger partial charge in [-0.05, 0) is 43.5 Å². The number of aryl methyl sites for hydroxylation is 2. The highest BCUT2D eigenvalue weighted by Gasteiger charge is 2.30. The zero-order valence-electron chi connectivity index (χ0n) is 11.8. The molecule has 114 valence electrons. The maximum absolute atomic E-state index is 12.0. The Hall–Kier alpha value is -2.09. The maximum Gasteiger partial charge on any atom is 0.322 e.